The molecule has 0 bridgehead atoms. The van der Waals surface area contributed by atoms with Gasteiger partial charge in [-0.25, -0.2) is 14.3 Å². The molecule has 0 saturated carbocycles. The third-order valence-corrected chi connectivity index (χ3v) is 3.37. The van der Waals surface area contributed by atoms with Crippen LogP contribution in [0.4, 0.5) is 10.7 Å². The van der Waals surface area contributed by atoms with E-state index in [4.69, 9.17) is 10.1 Å². The Bertz CT molecular complexity index is 917. The number of carbonyl (C=O) groups is 1. The summed E-state index contributed by atoms with van der Waals surface area (Å²) < 4.78 is 11.6. The number of para-hydroxylation sites is 2. The van der Waals surface area contributed by atoms with Crippen LogP contribution in [-0.2, 0) is 4.74 Å². The number of ether oxygens (including phenoxy) is 2. The van der Waals surface area contributed by atoms with Gasteiger partial charge in [-0.1, -0.05) is 24.3 Å². The van der Waals surface area contributed by atoms with Crippen LogP contribution in [0.25, 0.3) is 11.0 Å². The van der Waals surface area contributed by atoms with Gasteiger partial charge in [-0.3, -0.25) is 10.7 Å². The van der Waals surface area contributed by atoms with Gasteiger partial charge >= 0.3 is 12.1 Å². The second-order valence-electron chi connectivity index (χ2n) is 5.10. The van der Waals surface area contributed by atoms with Crippen molar-refractivity contribution in [3.63, 3.8) is 0 Å². The zero-order valence-corrected chi connectivity index (χ0v) is 13.2. The molecule has 1 heterocycles. The summed E-state index contributed by atoms with van der Waals surface area (Å²) in [6.45, 7) is 1.94. The minimum absolute atomic E-state index is 0.153. The van der Waals surface area contributed by atoms with Gasteiger partial charge in [0.15, 0.2) is 0 Å². The topological polar surface area (TPSA) is 89.2 Å². The number of nitrogens with zero attached hydrogens (tertiary/aromatic N) is 2. The Morgan fingerprint density at radius 3 is 2.75 bits per heavy atom. The molecule has 0 spiro atoms. The van der Waals surface area contributed by atoms with Crippen LogP contribution in [0, 0.1) is 12.3 Å². The fourth-order valence-corrected chi connectivity index (χ4v) is 2.29. The molecule has 0 radical (unpaired) electrons. The van der Waals surface area contributed by atoms with Gasteiger partial charge in [-0.05, 0) is 36.8 Å². The smallest absolute Gasteiger partial charge is 0.413 e. The molecule has 2 N–H and O–H groups in total. The van der Waals surface area contributed by atoms with Crippen molar-refractivity contribution in [3.05, 3.63) is 54.1 Å². The van der Waals surface area contributed by atoms with Crippen molar-refractivity contribution >= 4 is 29.1 Å². The van der Waals surface area contributed by atoms with Gasteiger partial charge in [0.1, 0.15) is 5.75 Å². The van der Waals surface area contributed by atoms with Crippen LogP contribution < -0.4 is 10.1 Å². The summed E-state index contributed by atoms with van der Waals surface area (Å²) in [6.07, 6.45) is -0.671. The molecule has 3 aromatic rings. The van der Waals surface area contributed by atoms with Crippen LogP contribution in [0.3, 0.4) is 0 Å². The lowest BCUT2D eigenvalue weighted by Crippen LogP contribution is -2.23. The third kappa shape index (κ3) is 3.05. The molecule has 0 aliphatic carbocycles. The van der Waals surface area contributed by atoms with E-state index in [2.05, 4.69) is 15.0 Å². The van der Waals surface area contributed by atoms with E-state index >= 15 is 0 Å². The van der Waals surface area contributed by atoms with Gasteiger partial charge in [0.05, 0.1) is 18.1 Å². The largest absolute Gasteiger partial charge is 0.453 e. The van der Waals surface area contributed by atoms with Crippen LogP contribution in [0.2, 0.25) is 0 Å². The number of nitrogens with one attached hydrogen (secondary N) is 2. The molecular formula is C17H16N4O3. The molecule has 24 heavy (non-hydrogen) atoms. The molecule has 1 aromatic heterocycles. The number of hydrogen-bond acceptors (Lipinski definition) is 5. The Morgan fingerprint density at radius 1 is 1.21 bits per heavy atom. The fraction of sp³-hybridized carbons (Fsp3) is 0.118. The zero-order valence-electron chi connectivity index (χ0n) is 13.2. The lowest BCUT2D eigenvalue weighted by atomic mass is 10.2. The van der Waals surface area contributed by atoms with Gasteiger partial charge in [-0.15, -0.1) is 0 Å². The highest BCUT2D eigenvalue weighted by atomic mass is 16.5. The van der Waals surface area contributed by atoms with E-state index in [1.807, 2.05) is 37.3 Å². The highest BCUT2D eigenvalue weighted by Gasteiger charge is 2.18. The molecule has 3 rings (SSSR count). The predicted octanol–water partition coefficient (Wildman–Crippen LogP) is 3.38. The van der Waals surface area contributed by atoms with Crippen molar-refractivity contribution in [2.24, 2.45) is 0 Å². The highest BCUT2D eigenvalue weighted by molar-refractivity contribution is 5.95. The van der Waals surface area contributed by atoms with Crippen molar-refractivity contribution in [3.8, 4) is 5.75 Å². The summed E-state index contributed by atoms with van der Waals surface area (Å²) in [5.41, 5.74) is 2.28. The molecule has 7 heteroatoms. The molecule has 0 fully saturated rings. The molecule has 7 nitrogen and oxygen atoms in total. The van der Waals surface area contributed by atoms with Crippen molar-refractivity contribution in [1.82, 2.24) is 9.55 Å². The van der Waals surface area contributed by atoms with Gasteiger partial charge in [0.2, 0.25) is 5.95 Å². The van der Waals surface area contributed by atoms with Crippen LogP contribution in [0.15, 0.2) is 48.5 Å². The van der Waals surface area contributed by atoms with Crippen molar-refractivity contribution in [2.45, 2.75) is 6.92 Å². The number of rotatable bonds is 2. The van der Waals surface area contributed by atoms with Gasteiger partial charge in [0.25, 0.3) is 0 Å². The predicted molar refractivity (Wildman–Crippen MR) is 90.7 cm³/mol. The Balaban J connectivity index is 2.01. The second-order valence-corrected chi connectivity index (χ2v) is 5.10. The molecule has 1 amide bonds. The minimum Gasteiger partial charge on any atom is -0.453 e. The van der Waals surface area contributed by atoms with E-state index in [9.17, 15) is 4.79 Å². The van der Waals surface area contributed by atoms with Gasteiger partial charge in [0, 0.05) is 0 Å². The number of fused-ring (bicyclic) bond motifs is 1. The van der Waals surface area contributed by atoms with E-state index in [0.29, 0.717) is 16.8 Å². The highest BCUT2D eigenvalue weighted by Crippen LogP contribution is 2.21. The normalized spacial score (nSPS) is 10.4. The maximum absolute atomic E-state index is 11.5. The number of amides is 1. The van der Waals surface area contributed by atoms with E-state index in [1.54, 1.807) is 18.2 Å². The Hall–Kier alpha value is -3.35. The van der Waals surface area contributed by atoms with Gasteiger partial charge < -0.3 is 9.47 Å². The number of aromatic nitrogens is 2. The molecular weight excluding hydrogens is 308 g/mol. The first kappa shape index (κ1) is 15.5. The summed E-state index contributed by atoms with van der Waals surface area (Å²) in [4.78, 5) is 15.8. The zero-order chi connectivity index (χ0) is 17.1. The Kier molecular flexibility index (Phi) is 4.15. The maximum Gasteiger partial charge on any atom is 0.413 e. The first-order chi connectivity index (χ1) is 11.6. The fourth-order valence-electron chi connectivity index (χ4n) is 2.29. The minimum atomic E-state index is -0.671. The van der Waals surface area contributed by atoms with Crippen LogP contribution in [-0.4, -0.2) is 28.8 Å². The average Bonchev–Trinajstić information content (AvgIpc) is 2.92. The molecule has 0 saturated heterocycles. The average molecular weight is 324 g/mol. The van der Waals surface area contributed by atoms with Crippen molar-refractivity contribution < 1.29 is 14.3 Å². The first-order valence-corrected chi connectivity index (χ1v) is 7.24. The summed E-state index contributed by atoms with van der Waals surface area (Å²) in [7, 11) is 1.26. The standard InChI is InChI=1S/C17H16N4O3/c1-11-6-5-7-12(10-11)24-15(18)21-14-9-4-3-8-13(14)19-16(21)20-17(22)23-2/h3-10,18H,1-2H3,(H,19,20,22). The lowest BCUT2D eigenvalue weighted by Gasteiger charge is -2.11. The van der Waals surface area contributed by atoms with Crippen LogP contribution in [0.1, 0.15) is 5.56 Å². The third-order valence-electron chi connectivity index (χ3n) is 3.37. The quantitative estimate of drug-likeness (QED) is 0.558. The lowest BCUT2D eigenvalue weighted by molar-refractivity contribution is 0.186. The van der Waals surface area contributed by atoms with E-state index < -0.39 is 6.09 Å². The summed E-state index contributed by atoms with van der Waals surface area (Å²) in [5.74, 6) is 0.683. The summed E-state index contributed by atoms with van der Waals surface area (Å²) in [6, 6.07) is 14.4. The maximum atomic E-state index is 11.5. The SMILES string of the molecule is COC(=O)Nc1nc2ccccc2n1C(=N)Oc1cccc(C)c1. The molecule has 2 aromatic carbocycles. The summed E-state index contributed by atoms with van der Waals surface area (Å²) in [5, 5.41) is 10.8. The Morgan fingerprint density at radius 2 is 2.00 bits per heavy atom. The summed E-state index contributed by atoms with van der Waals surface area (Å²) >= 11 is 0. The number of imidazole rings is 1. The molecule has 0 unspecified atom stereocenters. The molecule has 0 aliphatic rings. The number of methoxy groups -OCH3 is 1. The molecule has 122 valence electrons. The first-order valence-electron chi connectivity index (χ1n) is 7.24. The van der Waals surface area contributed by atoms with E-state index in [0.717, 1.165) is 5.56 Å². The van der Waals surface area contributed by atoms with E-state index in [-0.39, 0.29) is 12.0 Å². The number of carbonyl (C=O) groups excluding carboxylic acids is 1. The molecule has 0 atom stereocenters. The number of aryl methyl sites for hydroxylation is 1. The monoisotopic (exact) mass is 324 g/mol. The van der Waals surface area contributed by atoms with Crippen molar-refractivity contribution in [1.29, 1.82) is 5.41 Å². The van der Waals surface area contributed by atoms with Crippen LogP contribution in [0.5, 0.6) is 5.75 Å². The number of benzene rings is 2. The number of hydrogen-bond donors (Lipinski definition) is 2. The second kappa shape index (κ2) is 6.41. The Labute approximate surface area is 138 Å². The van der Waals surface area contributed by atoms with Gasteiger partial charge in [-0.2, -0.15) is 0 Å². The van der Waals surface area contributed by atoms with E-state index in [1.165, 1.54) is 11.7 Å². The van der Waals surface area contributed by atoms with Crippen LogP contribution >= 0.6 is 0 Å². The molecule has 0 aliphatic heterocycles. The van der Waals surface area contributed by atoms with Crippen molar-refractivity contribution in [2.75, 3.05) is 12.4 Å². The number of anilines is 1.